The number of hydrogen-bond acceptors (Lipinski definition) is 5. The molecule has 20 heavy (non-hydrogen) atoms. The summed E-state index contributed by atoms with van der Waals surface area (Å²) >= 11 is 0. The van der Waals surface area contributed by atoms with Crippen molar-refractivity contribution in [2.75, 3.05) is 7.11 Å². The summed E-state index contributed by atoms with van der Waals surface area (Å²) in [5.74, 6) is 1.89. The summed E-state index contributed by atoms with van der Waals surface area (Å²) in [5.41, 5.74) is 0.846. The van der Waals surface area contributed by atoms with Crippen molar-refractivity contribution in [2.24, 2.45) is 0 Å². The number of ether oxygens (including phenoxy) is 2. The van der Waals surface area contributed by atoms with Crippen LogP contribution in [-0.2, 0) is 6.54 Å². The number of rotatable bonds is 6. The second-order valence-corrected chi connectivity index (χ2v) is 4.67. The van der Waals surface area contributed by atoms with Gasteiger partial charge < -0.3 is 14.8 Å². The second-order valence-electron chi connectivity index (χ2n) is 4.67. The highest BCUT2D eigenvalue weighted by atomic mass is 16.5. The van der Waals surface area contributed by atoms with Crippen molar-refractivity contribution >= 4 is 0 Å². The Morgan fingerprint density at radius 2 is 2.00 bits per heavy atom. The monoisotopic (exact) mass is 273 g/mol. The second kappa shape index (κ2) is 6.86. The van der Waals surface area contributed by atoms with E-state index in [4.69, 9.17) is 9.47 Å². The molecule has 0 spiro atoms. The molecule has 1 N–H and O–H groups in total. The molecule has 0 radical (unpaired) electrons. The first-order valence-electron chi connectivity index (χ1n) is 6.53. The maximum absolute atomic E-state index is 5.69. The molecule has 1 aromatic carbocycles. The molecule has 0 aliphatic rings. The van der Waals surface area contributed by atoms with E-state index in [-0.39, 0.29) is 0 Å². The fourth-order valence-electron chi connectivity index (χ4n) is 1.61. The minimum absolute atomic E-state index is 0.403. The lowest BCUT2D eigenvalue weighted by atomic mass is 10.3. The summed E-state index contributed by atoms with van der Waals surface area (Å²) in [7, 11) is 1.62. The van der Waals surface area contributed by atoms with Gasteiger partial charge in [-0.25, -0.2) is 4.98 Å². The Labute approximate surface area is 119 Å². The topological polar surface area (TPSA) is 56.3 Å². The minimum Gasteiger partial charge on any atom is -0.497 e. The minimum atomic E-state index is 0.403. The molecule has 106 valence electrons. The van der Waals surface area contributed by atoms with E-state index in [1.165, 1.54) is 0 Å². The zero-order valence-electron chi connectivity index (χ0n) is 12.0. The zero-order valence-corrected chi connectivity index (χ0v) is 12.0. The molecule has 2 aromatic rings. The van der Waals surface area contributed by atoms with Crippen LogP contribution in [0.1, 0.15) is 19.5 Å². The molecule has 0 atom stereocenters. The van der Waals surface area contributed by atoms with Crippen molar-refractivity contribution in [2.45, 2.75) is 26.4 Å². The predicted octanol–water partition coefficient (Wildman–Crippen LogP) is 2.78. The summed E-state index contributed by atoms with van der Waals surface area (Å²) in [4.78, 5) is 8.55. The van der Waals surface area contributed by atoms with E-state index in [0.29, 0.717) is 24.2 Å². The number of hydrogen-bond donors (Lipinski definition) is 1. The Morgan fingerprint density at radius 3 is 2.75 bits per heavy atom. The smallest absolute Gasteiger partial charge is 0.238 e. The van der Waals surface area contributed by atoms with E-state index in [1.54, 1.807) is 25.6 Å². The molecule has 0 saturated heterocycles. The molecule has 1 heterocycles. The van der Waals surface area contributed by atoms with Crippen LogP contribution >= 0.6 is 0 Å². The molecule has 0 aliphatic carbocycles. The molecule has 0 bridgehead atoms. The van der Waals surface area contributed by atoms with Crippen LogP contribution in [0.2, 0.25) is 0 Å². The number of nitrogens with one attached hydrogen (secondary N) is 1. The molecule has 2 rings (SSSR count). The van der Waals surface area contributed by atoms with Gasteiger partial charge in [0.1, 0.15) is 11.5 Å². The van der Waals surface area contributed by atoms with E-state index < -0.39 is 0 Å². The standard InChI is InChI=1S/C15H19N3O2/c1-11(2)17-9-12-8-16-10-15(18-12)20-14-6-4-5-13(7-14)19-3/h4-8,10-11,17H,9H2,1-3H3. The lowest BCUT2D eigenvalue weighted by Gasteiger charge is -2.09. The lowest BCUT2D eigenvalue weighted by Crippen LogP contribution is -2.22. The van der Waals surface area contributed by atoms with Gasteiger partial charge in [0.15, 0.2) is 0 Å². The van der Waals surface area contributed by atoms with Gasteiger partial charge in [-0.15, -0.1) is 0 Å². The van der Waals surface area contributed by atoms with Crippen LogP contribution in [0.25, 0.3) is 0 Å². The Morgan fingerprint density at radius 1 is 1.20 bits per heavy atom. The highest BCUT2D eigenvalue weighted by molar-refractivity contribution is 5.34. The molecule has 0 aliphatic heterocycles. The van der Waals surface area contributed by atoms with Crippen LogP contribution < -0.4 is 14.8 Å². The summed E-state index contributed by atoms with van der Waals surface area (Å²) in [5, 5.41) is 3.29. The third kappa shape index (κ3) is 4.20. The number of aromatic nitrogens is 2. The zero-order chi connectivity index (χ0) is 14.4. The summed E-state index contributed by atoms with van der Waals surface area (Å²) in [6, 6.07) is 7.79. The normalized spacial score (nSPS) is 10.6. The molecule has 0 fully saturated rings. The van der Waals surface area contributed by atoms with Gasteiger partial charge in [-0.05, 0) is 12.1 Å². The van der Waals surface area contributed by atoms with Crippen molar-refractivity contribution in [3.8, 4) is 17.4 Å². The Balaban J connectivity index is 2.06. The summed E-state index contributed by atoms with van der Waals surface area (Å²) < 4.78 is 10.8. The highest BCUT2D eigenvalue weighted by Gasteiger charge is 2.03. The van der Waals surface area contributed by atoms with Gasteiger partial charge in [-0.2, -0.15) is 0 Å². The Bertz CT molecular complexity index is 558. The van der Waals surface area contributed by atoms with Crippen LogP contribution in [-0.4, -0.2) is 23.1 Å². The molecule has 1 aromatic heterocycles. The van der Waals surface area contributed by atoms with Crippen molar-refractivity contribution < 1.29 is 9.47 Å². The average Bonchev–Trinajstić information content (AvgIpc) is 2.46. The number of benzene rings is 1. The van der Waals surface area contributed by atoms with Gasteiger partial charge in [0.2, 0.25) is 5.88 Å². The number of methoxy groups -OCH3 is 1. The van der Waals surface area contributed by atoms with Crippen molar-refractivity contribution in [1.82, 2.24) is 15.3 Å². The maximum atomic E-state index is 5.69. The lowest BCUT2D eigenvalue weighted by molar-refractivity contribution is 0.406. The third-order valence-corrected chi connectivity index (χ3v) is 2.62. The fraction of sp³-hybridized carbons (Fsp3) is 0.333. The van der Waals surface area contributed by atoms with E-state index >= 15 is 0 Å². The maximum Gasteiger partial charge on any atom is 0.238 e. The largest absolute Gasteiger partial charge is 0.497 e. The van der Waals surface area contributed by atoms with Crippen LogP contribution in [0.4, 0.5) is 0 Å². The van der Waals surface area contributed by atoms with Gasteiger partial charge in [0.25, 0.3) is 0 Å². The predicted molar refractivity (Wildman–Crippen MR) is 77.1 cm³/mol. The number of nitrogens with zero attached hydrogens (tertiary/aromatic N) is 2. The van der Waals surface area contributed by atoms with Crippen molar-refractivity contribution in [3.05, 3.63) is 42.4 Å². The van der Waals surface area contributed by atoms with E-state index in [9.17, 15) is 0 Å². The fourth-order valence-corrected chi connectivity index (χ4v) is 1.61. The van der Waals surface area contributed by atoms with Crippen molar-refractivity contribution in [1.29, 1.82) is 0 Å². The van der Waals surface area contributed by atoms with Crippen LogP contribution in [0.15, 0.2) is 36.7 Å². The van der Waals surface area contributed by atoms with Crippen LogP contribution in [0, 0.1) is 0 Å². The van der Waals surface area contributed by atoms with Gasteiger partial charge >= 0.3 is 0 Å². The molecule has 5 nitrogen and oxygen atoms in total. The summed E-state index contributed by atoms with van der Waals surface area (Å²) in [6.45, 7) is 4.84. The van der Waals surface area contributed by atoms with Crippen LogP contribution in [0.5, 0.6) is 17.4 Å². The Kier molecular flexibility index (Phi) is 4.90. The van der Waals surface area contributed by atoms with Gasteiger partial charge in [0.05, 0.1) is 19.0 Å². The first kappa shape index (κ1) is 14.3. The molecule has 0 unspecified atom stereocenters. The Hall–Kier alpha value is -2.14. The first-order valence-corrected chi connectivity index (χ1v) is 6.53. The van der Waals surface area contributed by atoms with Gasteiger partial charge in [0, 0.05) is 24.8 Å². The highest BCUT2D eigenvalue weighted by Crippen LogP contribution is 2.23. The average molecular weight is 273 g/mol. The first-order chi connectivity index (χ1) is 9.67. The molecular formula is C15H19N3O2. The molecule has 0 saturated carbocycles. The quantitative estimate of drug-likeness (QED) is 0.877. The SMILES string of the molecule is COc1cccc(Oc2cncc(CNC(C)C)n2)c1. The van der Waals surface area contributed by atoms with Gasteiger partial charge in [-0.3, -0.25) is 4.98 Å². The molecular weight excluding hydrogens is 254 g/mol. The molecule has 5 heteroatoms. The third-order valence-electron chi connectivity index (χ3n) is 2.62. The van der Waals surface area contributed by atoms with Crippen LogP contribution in [0.3, 0.4) is 0 Å². The van der Waals surface area contributed by atoms with E-state index in [0.717, 1.165) is 11.4 Å². The molecule has 0 amide bonds. The van der Waals surface area contributed by atoms with Crippen molar-refractivity contribution in [3.63, 3.8) is 0 Å². The van der Waals surface area contributed by atoms with E-state index in [2.05, 4.69) is 29.1 Å². The van der Waals surface area contributed by atoms with E-state index in [1.807, 2.05) is 18.2 Å². The summed E-state index contributed by atoms with van der Waals surface area (Å²) in [6.07, 6.45) is 3.33. The van der Waals surface area contributed by atoms with Gasteiger partial charge in [-0.1, -0.05) is 19.9 Å².